The van der Waals surface area contributed by atoms with Crippen LogP contribution < -0.4 is 5.32 Å². The van der Waals surface area contributed by atoms with Gasteiger partial charge in [0.1, 0.15) is 0 Å². The second-order valence-corrected chi connectivity index (χ2v) is 7.96. The highest BCUT2D eigenvalue weighted by atomic mass is 15.3. The molecule has 0 aromatic heterocycles. The molecular formula is C20H28N2. The van der Waals surface area contributed by atoms with Crippen LogP contribution in [0.3, 0.4) is 0 Å². The van der Waals surface area contributed by atoms with Gasteiger partial charge < -0.3 is 4.90 Å². The highest BCUT2D eigenvalue weighted by molar-refractivity contribution is 5.53. The second-order valence-electron chi connectivity index (χ2n) is 7.96. The molecule has 2 unspecified atom stereocenters. The van der Waals surface area contributed by atoms with E-state index in [2.05, 4.69) is 87.5 Å². The van der Waals surface area contributed by atoms with E-state index >= 15 is 0 Å². The van der Waals surface area contributed by atoms with Crippen LogP contribution in [0.5, 0.6) is 0 Å². The molecule has 0 saturated heterocycles. The van der Waals surface area contributed by atoms with E-state index in [1.165, 1.54) is 23.3 Å². The number of likely N-dealkylation sites (N-methyl/N-ethyl adjacent to an activating group) is 1. The topological polar surface area (TPSA) is 15.3 Å². The van der Waals surface area contributed by atoms with Gasteiger partial charge in [0, 0.05) is 24.7 Å². The van der Waals surface area contributed by atoms with Crippen molar-refractivity contribution in [1.82, 2.24) is 10.2 Å². The van der Waals surface area contributed by atoms with Gasteiger partial charge >= 0.3 is 0 Å². The number of nitrogens with one attached hydrogen (secondary N) is 1. The molecule has 0 fully saturated rings. The van der Waals surface area contributed by atoms with Crippen molar-refractivity contribution in [1.29, 1.82) is 0 Å². The smallest absolute Gasteiger partial charge is 0.0989 e. The van der Waals surface area contributed by atoms with E-state index in [1.54, 1.807) is 0 Å². The van der Waals surface area contributed by atoms with Crippen molar-refractivity contribution in [3.63, 3.8) is 0 Å². The highest BCUT2D eigenvalue weighted by Gasteiger charge is 2.34. The van der Waals surface area contributed by atoms with Crippen LogP contribution in [-0.2, 0) is 0 Å². The Hall–Kier alpha value is -1.54. The molecule has 1 N–H and O–H groups in total. The summed E-state index contributed by atoms with van der Waals surface area (Å²) in [5.74, 6) is 0.427. The van der Waals surface area contributed by atoms with Gasteiger partial charge in [-0.2, -0.15) is 0 Å². The van der Waals surface area contributed by atoms with Crippen molar-refractivity contribution in [3.05, 3.63) is 59.4 Å². The summed E-state index contributed by atoms with van der Waals surface area (Å²) in [6.07, 6.45) is 17.2. The molecule has 0 bridgehead atoms. The van der Waals surface area contributed by atoms with E-state index < -0.39 is 0 Å². The Labute approximate surface area is 135 Å². The predicted octanol–water partition coefficient (Wildman–Crippen LogP) is 4.16. The lowest BCUT2D eigenvalue weighted by Crippen LogP contribution is -2.50. The molecule has 2 heteroatoms. The third-order valence-electron chi connectivity index (χ3n) is 4.64. The highest BCUT2D eigenvalue weighted by Crippen LogP contribution is 2.40. The third-order valence-corrected chi connectivity index (χ3v) is 4.64. The molecule has 3 aliphatic rings. The molecule has 0 radical (unpaired) electrons. The predicted molar refractivity (Wildman–Crippen MR) is 94.2 cm³/mol. The summed E-state index contributed by atoms with van der Waals surface area (Å²) >= 11 is 0. The van der Waals surface area contributed by atoms with Crippen LogP contribution in [-0.4, -0.2) is 24.2 Å². The first-order chi connectivity index (χ1) is 10.3. The SMILES string of the molecule is C[C@H](CC(C)(C)C)NC1C=C2C=CC=C3C=CC=C(C32)N1C. The number of allylic oxidation sites excluding steroid dienone is 7. The van der Waals surface area contributed by atoms with Crippen molar-refractivity contribution in [2.75, 3.05) is 7.05 Å². The first-order valence-corrected chi connectivity index (χ1v) is 8.32. The molecule has 118 valence electrons. The van der Waals surface area contributed by atoms with Gasteiger partial charge in [0.2, 0.25) is 0 Å². The van der Waals surface area contributed by atoms with E-state index in [9.17, 15) is 0 Å². The molecule has 0 saturated carbocycles. The quantitative estimate of drug-likeness (QED) is 0.841. The Balaban J connectivity index is 1.83. The van der Waals surface area contributed by atoms with E-state index in [4.69, 9.17) is 0 Å². The van der Waals surface area contributed by atoms with Crippen LogP contribution in [0.4, 0.5) is 0 Å². The first kappa shape index (κ1) is 15.4. The summed E-state index contributed by atoms with van der Waals surface area (Å²) in [5, 5.41) is 3.79. The average molecular weight is 296 g/mol. The normalized spacial score (nSPS) is 27.9. The molecule has 1 aliphatic heterocycles. The van der Waals surface area contributed by atoms with Crippen LogP contribution in [0.1, 0.15) is 34.1 Å². The zero-order valence-corrected chi connectivity index (χ0v) is 14.4. The monoisotopic (exact) mass is 296 g/mol. The minimum absolute atomic E-state index is 0.269. The molecular weight excluding hydrogens is 268 g/mol. The minimum Gasteiger partial charge on any atom is -0.358 e. The van der Waals surface area contributed by atoms with Gasteiger partial charge in [0.15, 0.2) is 0 Å². The van der Waals surface area contributed by atoms with Gasteiger partial charge in [-0.25, -0.2) is 0 Å². The standard InChI is InChI=1S/C20H28N2/c1-14(13-20(2,3)4)21-18-12-16-10-6-8-15-9-7-11-17(19(15)16)22(18)5/h6-12,14,18-19,21H,13H2,1-5H3/t14-,18?,19?/m1/s1. The molecule has 2 nitrogen and oxygen atoms in total. The second kappa shape index (κ2) is 5.58. The fourth-order valence-electron chi connectivity index (χ4n) is 3.86. The molecule has 22 heavy (non-hydrogen) atoms. The van der Waals surface area contributed by atoms with Gasteiger partial charge in [0.05, 0.1) is 6.17 Å². The van der Waals surface area contributed by atoms with Crippen molar-refractivity contribution in [2.24, 2.45) is 11.3 Å². The van der Waals surface area contributed by atoms with Crippen molar-refractivity contribution in [3.8, 4) is 0 Å². The van der Waals surface area contributed by atoms with Gasteiger partial charge in [-0.05, 0) is 42.1 Å². The van der Waals surface area contributed by atoms with Crippen molar-refractivity contribution in [2.45, 2.75) is 46.3 Å². The van der Waals surface area contributed by atoms with Crippen LogP contribution >= 0.6 is 0 Å². The lowest BCUT2D eigenvalue weighted by molar-refractivity contribution is 0.226. The molecule has 0 aromatic carbocycles. The molecule has 3 atom stereocenters. The van der Waals surface area contributed by atoms with Gasteiger partial charge in [0.25, 0.3) is 0 Å². The summed E-state index contributed by atoms with van der Waals surface area (Å²) in [6, 6.07) is 0.489. The van der Waals surface area contributed by atoms with E-state index in [0.29, 0.717) is 17.4 Å². The Kier molecular flexibility index (Phi) is 3.90. The molecule has 2 aliphatic carbocycles. The van der Waals surface area contributed by atoms with Crippen LogP contribution in [0.25, 0.3) is 0 Å². The fourth-order valence-corrected chi connectivity index (χ4v) is 3.86. The molecule has 1 heterocycles. The van der Waals surface area contributed by atoms with E-state index in [1.807, 2.05) is 0 Å². The third kappa shape index (κ3) is 2.98. The van der Waals surface area contributed by atoms with E-state index in [0.717, 1.165) is 0 Å². The lowest BCUT2D eigenvalue weighted by Gasteiger charge is -2.43. The summed E-state index contributed by atoms with van der Waals surface area (Å²) < 4.78 is 0. The zero-order chi connectivity index (χ0) is 15.9. The Morgan fingerprint density at radius 2 is 1.82 bits per heavy atom. The number of hydrogen-bond acceptors (Lipinski definition) is 2. The molecule has 0 spiro atoms. The Bertz CT molecular complexity index is 596. The molecule has 0 amide bonds. The van der Waals surface area contributed by atoms with Gasteiger partial charge in [-0.3, -0.25) is 5.32 Å². The van der Waals surface area contributed by atoms with Gasteiger partial charge in [-0.15, -0.1) is 0 Å². The molecule has 0 aromatic rings. The van der Waals surface area contributed by atoms with E-state index in [-0.39, 0.29) is 6.17 Å². The number of hydrogen-bond donors (Lipinski definition) is 1. The van der Waals surface area contributed by atoms with Crippen LogP contribution in [0.2, 0.25) is 0 Å². The lowest BCUT2D eigenvalue weighted by atomic mass is 9.78. The minimum atomic E-state index is 0.269. The van der Waals surface area contributed by atoms with Crippen molar-refractivity contribution < 1.29 is 0 Å². The van der Waals surface area contributed by atoms with Crippen molar-refractivity contribution >= 4 is 0 Å². The maximum absolute atomic E-state index is 3.79. The number of rotatable bonds is 3. The average Bonchev–Trinajstić information content (AvgIpc) is 2.42. The summed E-state index contributed by atoms with van der Waals surface area (Å²) in [7, 11) is 2.20. The Morgan fingerprint density at radius 3 is 2.55 bits per heavy atom. The largest absolute Gasteiger partial charge is 0.358 e. The summed E-state index contributed by atoms with van der Waals surface area (Å²) in [6.45, 7) is 9.21. The zero-order valence-electron chi connectivity index (χ0n) is 14.4. The Morgan fingerprint density at radius 1 is 1.14 bits per heavy atom. The molecule has 3 rings (SSSR count). The van der Waals surface area contributed by atoms with Crippen LogP contribution in [0, 0.1) is 11.3 Å². The maximum atomic E-state index is 3.79. The number of nitrogens with zero attached hydrogens (tertiary/aromatic N) is 1. The van der Waals surface area contributed by atoms with Gasteiger partial charge in [-0.1, -0.05) is 51.2 Å². The summed E-state index contributed by atoms with van der Waals surface area (Å²) in [4.78, 5) is 2.39. The maximum Gasteiger partial charge on any atom is 0.0989 e. The van der Waals surface area contributed by atoms with Crippen LogP contribution in [0.15, 0.2) is 59.4 Å². The summed E-state index contributed by atoms with van der Waals surface area (Å²) in [5.41, 5.74) is 4.57. The first-order valence-electron chi connectivity index (χ1n) is 8.32. The fraction of sp³-hybridized carbons (Fsp3) is 0.500.